The van der Waals surface area contributed by atoms with Crippen molar-refractivity contribution in [3.63, 3.8) is 0 Å². The van der Waals surface area contributed by atoms with E-state index in [1.807, 2.05) is 32.1 Å². The molecule has 1 aliphatic rings. The Bertz CT molecular complexity index is 850. The number of hydrogen-bond acceptors (Lipinski definition) is 4. The highest BCUT2D eigenvalue weighted by molar-refractivity contribution is 7.73. The molecule has 0 saturated heterocycles. The van der Waals surface area contributed by atoms with Gasteiger partial charge in [0.25, 0.3) is 0 Å². The summed E-state index contributed by atoms with van der Waals surface area (Å²) in [5, 5.41) is 0.569. The van der Waals surface area contributed by atoms with Crippen LogP contribution in [-0.4, -0.2) is 19.0 Å². The van der Waals surface area contributed by atoms with E-state index >= 15 is 0 Å². The van der Waals surface area contributed by atoms with Crippen molar-refractivity contribution < 1.29 is 13.2 Å². The lowest BCUT2D eigenvalue weighted by Gasteiger charge is -2.31. The molecule has 0 bridgehead atoms. The molecule has 1 aromatic heterocycles. The van der Waals surface area contributed by atoms with Crippen LogP contribution in [0.4, 0.5) is 5.69 Å². The first-order chi connectivity index (χ1) is 10.8. The lowest BCUT2D eigenvalue weighted by atomic mass is 9.92. The fourth-order valence-electron chi connectivity index (χ4n) is 2.49. The van der Waals surface area contributed by atoms with Gasteiger partial charge in [-0.2, -0.15) is 0 Å². The van der Waals surface area contributed by atoms with Crippen LogP contribution < -0.4 is 9.46 Å². The topological polar surface area (TPSA) is 68.3 Å². The van der Waals surface area contributed by atoms with Crippen LogP contribution in [0.5, 0.6) is 5.75 Å². The van der Waals surface area contributed by atoms with Crippen LogP contribution in [0.25, 0.3) is 5.57 Å². The van der Waals surface area contributed by atoms with E-state index < -0.39 is 16.5 Å². The Balaban J connectivity index is 2.10. The van der Waals surface area contributed by atoms with Gasteiger partial charge in [0.2, 0.25) is 10.9 Å². The van der Waals surface area contributed by atoms with E-state index in [1.54, 1.807) is 24.4 Å². The van der Waals surface area contributed by atoms with E-state index in [0.29, 0.717) is 16.5 Å². The number of nitrogens with one attached hydrogen (secondary N) is 1. The van der Waals surface area contributed by atoms with Crippen LogP contribution in [0.2, 0.25) is 5.02 Å². The number of hydrogen-bond donors (Lipinski definition) is 2. The molecule has 0 radical (unpaired) electrons. The van der Waals surface area contributed by atoms with Gasteiger partial charge in [-0.25, -0.2) is 8.42 Å². The lowest BCUT2D eigenvalue weighted by molar-refractivity contribution is 0.158. The van der Waals surface area contributed by atoms with Gasteiger partial charge in [0.05, 0.1) is 16.4 Å². The smallest absolute Gasteiger partial charge is 0.222 e. The second-order valence-corrected chi connectivity index (χ2v) is 6.88. The van der Waals surface area contributed by atoms with Gasteiger partial charge in [0, 0.05) is 23.4 Å². The van der Waals surface area contributed by atoms with Crippen LogP contribution in [0.3, 0.4) is 0 Å². The van der Waals surface area contributed by atoms with Gasteiger partial charge < -0.3 is 4.74 Å². The Hall–Kier alpha value is -2.05. The summed E-state index contributed by atoms with van der Waals surface area (Å²) in [7, 11) is -2.72. The highest BCUT2D eigenvalue weighted by Gasteiger charge is 2.28. The fraction of sp³-hybridized carbons (Fsp3) is 0.188. The van der Waals surface area contributed by atoms with Gasteiger partial charge in [0.15, 0.2) is 0 Å². The first-order valence-corrected chi connectivity index (χ1v) is 8.49. The van der Waals surface area contributed by atoms with Crippen LogP contribution >= 0.6 is 11.6 Å². The second-order valence-electron chi connectivity index (χ2n) is 5.71. The highest BCUT2D eigenvalue weighted by Crippen LogP contribution is 2.40. The molecule has 3 rings (SSSR count). The Labute approximate surface area is 141 Å². The predicted molar refractivity (Wildman–Crippen MR) is 91.4 cm³/mol. The average Bonchev–Trinajstić information content (AvgIpc) is 2.45. The van der Waals surface area contributed by atoms with Crippen molar-refractivity contribution in [3.8, 4) is 5.75 Å². The quantitative estimate of drug-likeness (QED) is 0.834. The molecule has 0 aliphatic carbocycles. The lowest BCUT2D eigenvalue weighted by Crippen LogP contribution is -2.29. The first kappa shape index (κ1) is 15.8. The third kappa shape index (κ3) is 3.48. The number of rotatable bonds is 3. The number of benzene rings is 1. The van der Waals surface area contributed by atoms with E-state index in [0.717, 1.165) is 16.8 Å². The standard InChI is InChI=1S/C16H15ClN2O3S/c1-16(2)8-13(14-6-3-10(17)9-18-14)12-5-4-11(19-23(20)21)7-15(12)22-16/h3-9,23H,1-2H3,(H,19,20,21). The molecule has 120 valence electrons. The summed E-state index contributed by atoms with van der Waals surface area (Å²) in [6.45, 7) is 3.86. The van der Waals surface area contributed by atoms with Crippen molar-refractivity contribution in [1.29, 1.82) is 0 Å². The SMILES string of the molecule is CC1(C)C=C(c2ccc(Cl)cn2)c2ccc(N[SH](=O)=O)cc2O1. The molecule has 1 aliphatic heterocycles. The molecule has 0 amide bonds. The molecule has 0 fully saturated rings. The fourth-order valence-corrected chi connectivity index (χ4v) is 2.95. The Morgan fingerprint density at radius 1 is 1.22 bits per heavy atom. The van der Waals surface area contributed by atoms with E-state index in [-0.39, 0.29) is 0 Å². The molecule has 0 atom stereocenters. The normalized spacial score (nSPS) is 15.6. The van der Waals surface area contributed by atoms with Crippen molar-refractivity contribution in [1.82, 2.24) is 4.98 Å². The zero-order chi connectivity index (χ0) is 16.6. The molecule has 2 heterocycles. The van der Waals surface area contributed by atoms with Gasteiger partial charge in [0.1, 0.15) is 11.4 Å². The third-order valence-corrected chi connectivity index (χ3v) is 4.02. The average molecular weight is 351 g/mol. The molecule has 1 aromatic carbocycles. The summed E-state index contributed by atoms with van der Waals surface area (Å²) in [6.07, 6.45) is 3.59. The van der Waals surface area contributed by atoms with E-state index in [2.05, 4.69) is 9.71 Å². The molecule has 7 heteroatoms. The zero-order valence-corrected chi connectivity index (χ0v) is 14.2. The number of aromatic nitrogens is 1. The zero-order valence-electron chi connectivity index (χ0n) is 12.5. The van der Waals surface area contributed by atoms with E-state index in [1.165, 1.54) is 0 Å². The maximum absolute atomic E-state index is 10.8. The van der Waals surface area contributed by atoms with Crippen LogP contribution in [0.15, 0.2) is 42.6 Å². The van der Waals surface area contributed by atoms with Crippen molar-refractivity contribution in [2.45, 2.75) is 19.4 Å². The Morgan fingerprint density at radius 2 is 2.00 bits per heavy atom. The number of anilines is 1. The summed E-state index contributed by atoms with van der Waals surface area (Å²) in [5.74, 6) is 0.603. The molecule has 2 aromatic rings. The van der Waals surface area contributed by atoms with E-state index in [9.17, 15) is 8.42 Å². The maximum Gasteiger partial charge on any atom is 0.222 e. The molecule has 1 N–H and O–H groups in total. The minimum Gasteiger partial charge on any atom is -0.483 e. The number of ether oxygens (including phenoxy) is 1. The number of halogens is 1. The van der Waals surface area contributed by atoms with Gasteiger partial charge in [-0.05, 0) is 44.2 Å². The van der Waals surface area contributed by atoms with Crippen molar-refractivity contribution in [2.75, 3.05) is 4.72 Å². The van der Waals surface area contributed by atoms with Crippen LogP contribution in [0.1, 0.15) is 25.1 Å². The summed E-state index contributed by atoms with van der Waals surface area (Å²) < 4.78 is 30.0. The summed E-state index contributed by atoms with van der Waals surface area (Å²) >= 11 is 5.90. The van der Waals surface area contributed by atoms with Gasteiger partial charge in [-0.1, -0.05) is 11.6 Å². The predicted octanol–water partition coefficient (Wildman–Crippen LogP) is 3.28. The molecule has 0 unspecified atom stereocenters. The Kier molecular flexibility index (Phi) is 4.04. The second kappa shape index (κ2) is 5.86. The van der Waals surface area contributed by atoms with Gasteiger partial charge in [-0.15, -0.1) is 0 Å². The number of nitrogens with zero attached hydrogens (tertiary/aromatic N) is 1. The highest BCUT2D eigenvalue weighted by atomic mass is 35.5. The third-order valence-electron chi connectivity index (χ3n) is 3.36. The van der Waals surface area contributed by atoms with Crippen molar-refractivity contribution in [2.24, 2.45) is 0 Å². The van der Waals surface area contributed by atoms with Gasteiger partial charge in [-0.3, -0.25) is 9.71 Å². The Morgan fingerprint density at radius 3 is 2.65 bits per heavy atom. The van der Waals surface area contributed by atoms with Crippen molar-refractivity contribution in [3.05, 3.63) is 58.9 Å². The summed E-state index contributed by atoms with van der Waals surface area (Å²) in [5.41, 5.74) is 2.47. The molecule has 0 spiro atoms. The van der Waals surface area contributed by atoms with Crippen molar-refractivity contribution >= 4 is 33.8 Å². The van der Waals surface area contributed by atoms with Crippen LogP contribution in [-0.2, 0) is 10.9 Å². The largest absolute Gasteiger partial charge is 0.483 e. The number of pyridine rings is 1. The monoisotopic (exact) mass is 350 g/mol. The molecule has 23 heavy (non-hydrogen) atoms. The van der Waals surface area contributed by atoms with Crippen LogP contribution in [0, 0.1) is 0 Å². The first-order valence-electron chi connectivity index (χ1n) is 6.93. The minimum atomic E-state index is -2.72. The summed E-state index contributed by atoms with van der Waals surface area (Å²) in [4.78, 5) is 4.37. The number of fused-ring (bicyclic) bond motifs is 1. The van der Waals surface area contributed by atoms with Gasteiger partial charge >= 0.3 is 0 Å². The molecular weight excluding hydrogens is 336 g/mol. The van der Waals surface area contributed by atoms with E-state index in [4.69, 9.17) is 16.3 Å². The number of thiol groups is 1. The molecule has 0 saturated carbocycles. The maximum atomic E-state index is 10.8. The minimum absolute atomic E-state index is 0.459. The molecular formula is C16H15ClN2O3S. The summed E-state index contributed by atoms with van der Waals surface area (Å²) in [6, 6.07) is 8.80. The molecule has 5 nitrogen and oxygen atoms in total.